The van der Waals surface area contributed by atoms with E-state index in [1.807, 2.05) is 0 Å². The Kier molecular flexibility index (Phi) is 13.0. The van der Waals surface area contributed by atoms with Gasteiger partial charge in [0.25, 0.3) is 17.7 Å². The van der Waals surface area contributed by atoms with Crippen LogP contribution in [-0.2, 0) is 4.79 Å². The Morgan fingerprint density at radius 1 is 0.781 bits per heavy atom. The zero-order chi connectivity index (χ0) is 24.6. The average molecular weight is 793 g/mol. The van der Waals surface area contributed by atoms with Gasteiger partial charge in [-0.3, -0.25) is 19.3 Å². The van der Waals surface area contributed by atoms with Crippen LogP contribution in [-0.4, -0.2) is 100 Å². The minimum absolute atomic E-state index is 0.00822. The standard InChI is InChI=1S/C17H22I3N3O9/c18-12-10(16(31)21-1-7(28)3-24)13(19)15(23(6-27)9(30)5-26)14(20)11(12)17(32)22-2-8(29)4-25/h7-8,24-29H,1-6H2,(H,21,31)(H,22,32). The molecule has 0 spiro atoms. The first-order chi connectivity index (χ1) is 15.0. The van der Waals surface area contributed by atoms with Gasteiger partial charge >= 0.3 is 0 Å². The van der Waals surface area contributed by atoms with E-state index < -0.39 is 56.5 Å². The minimum atomic E-state index is -1.22. The second-order valence-electron chi connectivity index (χ2n) is 6.25. The summed E-state index contributed by atoms with van der Waals surface area (Å²) in [6.45, 7) is -3.53. The van der Waals surface area contributed by atoms with Crippen molar-refractivity contribution in [1.29, 1.82) is 0 Å². The fraction of sp³-hybridized carbons (Fsp3) is 0.471. The number of carbonyl (C=O) groups is 3. The van der Waals surface area contributed by atoms with Crippen molar-refractivity contribution in [3.8, 4) is 0 Å². The maximum Gasteiger partial charge on any atom is 0.254 e. The number of nitrogens with one attached hydrogen (secondary N) is 2. The number of benzene rings is 1. The summed E-state index contributed by atoms with van der Waals surface area (Å²) in [6.07, 6.45) is -2.43. The van der Waals surface area contributed by atoms with Gasteiger partial charge in [0, 0.05) is 16.7 Å². The summed E-state index contributed by atoms with van der Waals surface area (Å²) in [5.41, 5.74) is -0.0681. The van der Waals surface area contributed by atoms with Crippen molar-refractivity contribution < 1.29 is 45.0 Å². The van der Waals surface area contributed by atoms with E-state index in [-0.39, 0.29) is 40.6 Å². The predicted molar refractivity (Wildman–Crippen MR) is 137 cm³/mol. The van der Waals surface area contributed by atoms with E-state index in [4.69, 9.17) is 10.2 Å². The van der Waals surface area contributed by atoms with E-state index in [2.05, 4.69) is 10.6 Å². The van der Waals surface area contributed by atoms with Crippen LogP contribution in [0.15, 0.2) is 0 Å². The Labute approximate surface area is 223 Å². The molecule has 0 bridgehead atoms. The minimum Gasteiger partial charge on any atom is -0.394 e. The molecule has 1 aromatic rings. The lowest BCUT2D eigenvalue weighted by molar-refractivity contribution is -0.122. The number of halogens is 3. The van der Waals surface area contributed by atoms with Gasteiger partial charge in [0.2, 0.25) is 0 Å². The lowest BCUT2D eigenvalue weighted by atomic mass is 10.1. The highest BCUT2D eigenvalue weighted by atomic mass is 127. The topological polar surface area (TPSA) is 200 Å². The SMILES string of the molecule is O=C(NCC(O)CO)c1c(I)c(C(=O)NCC(O)CO)c(I)c(N(CO)C(=O)CO)c1I. The van der Waals surface area contributed by atoms with Crippen molar-refractivity contribution in [2.45, 2.75) is 12.2 Å². The number of anilines is 1. The second kappa shape index (κ2) is 14.1. The van der Waals surface area contributed by atoms with Gasteiger partial charge in [-0.05, 0) is 67.8 Å². The number of hydrogen-bond acceptors (Lipinski definition) is 9. The molecular formula is C17H22I3N3O9. The molecule has 2 atom stereocenters. The molecular weight excluding hydrogens is 771 g/mol. The highest BCUT2D eigenvalue weighted by Crippen LogP contribution is 2.38. The molecule has 0 saturated heterocycles. The summed E-state index contributed by atoms with van der Waals surface area (Å²) in [4.78, 5) is 38.7. The van der Waals surface area contributed by atoms with Crippen molar-refractivity contribution in [2.75, 3.05) is 44.5 Å². The van der Waals surface area contributed by atoms with E-state index >= 15 is 0 Å². The van der Waals surface area contributed by atoms with E-state index in [0.717, 1.165) is 4.90 Å². The van der Waals surface area contributed by atoms with Crippen LogP contribution in [0.2, 0.25) is 0 Å². The molecule has 32 heavy (non-hydrogen) atoms. The maximum absolute atomic E-state index is 12.9. The van der Waals surface area contributed by atoms with Crippen molar-refractivity contribution in [3.05, 3.63) is 21.8 Å². The molecule has 1 rings (SSSR count). The van der Waals surface area contributed by atoms with Crippen LogP contribution < -0.4 is 15.5 Å². The quantitative estimate of drug-likeness (QED) is 0.0918. The fourth-order valence-electron chi connectivity index (χ4n) is 2.37. The second-order valence-corrected chi connectivity index (χ2v) is 9.49. The molecule has 0 aromatic heterocycles. The van der Waals surface area contributed by atoms with Gasteiger partial charge in [0.05, 0.1) is 49.4 Å². The smallest absolute Gasteiger partial charge is 0.254 e. The molecule has 0 saturated carbocycles. The Morgan fingerprint density at radius 3 is 1.50 bits per heavy atom. The van der Waals surface area contributed by atoms with Crippen LogP contribution in [0, 0.1) is 10.7 Å². The number of amides is 3. The molecule has 8 N–H and O–H groups in total. The van der Waals surface area contributed by atoms with Crippen LogP contribution >= 0.6 is 67.8 Å². The van der Waals surface area contributed by atoms with Gasteiger partial charge in [-0.25, -0.2) is 0 Å². The fourth-order valence-corrected chi connectivity index (χ4v) is 7.10. The first kappa shape index (κ1) is 29.6. The third kappa shape index (κ3) is 7.29. The third-order valence-corrected chi connectivity index (χ3v) is 7.19. The normalized spacial score (nSPS) is 12.8. The summed E-state index contributed by atoms with van der Waals surface area (Å²) in [7, 11) is 0. The van der Waals surface area contributed by atoms with Crippen LogP contribution in [0.25, 0.3) is 0 Å². The van der Waals surface area contributed by atoms with E-state index in [1.54, 1.807) is 67.8 Å². The Hall–Kier alpha value is -0.420. The number of hydrogen-bond donors (Lipinski definition) is 8. The first-order valence-corrected chi connectivity index (χ1v) is 12.2. The number of aliphatic hydroxyl groups excluding tert-OH is 6. The lowest BCUT2D eigenvalue weighted by Gasteiger charge is -2.26. The zero-order valence-electron chi connectivity index (χ0n) is 16.4. The van der Waals surface area contributed by atoms with E-state index in [9.17, 15) is 34.8 Å². The van der Waals surface area contributed by atoms with Crippen molar-refractivity contribution in [1.82, 2.24) is 10.6 Å². The molecule has 0 aliphatic heterocycles. The molecule has 12 nitrogen and oxygen atoms in total. The first-order valence-electron chi connectivity index (χ1n) is 8.92. The molecule has 0 heterocycles. The summed E-state index contributed by atoms with van der Waals surface area (Å²) in [6, 6.07) is 0. The van der Waals surface area contributed by atoms with Gasteiger partial charge in [-0.15, -0.1) is 0 Å². The molecule has 0 aliphatic rings. The molecule has 15 heteroatoms. The molecule has 3 amide bonds. The molecule has 2 unspecified atom stereocenters. The summed E-state index contributed by atoms with van der Waals surface area (Å²) in [5.74, 6) is -2.32. The monoisotopic (exact) mass is 793 g/mol. The molecule has 180 valence electrons. The number of carbonyl (C=O) groups excluding carboxylic acids is 3. The van der Waals surface area contributed by atoms with Gasteiger partial charge in [0.15, 0.2) is 0 Å². The van der Waals surface area contributed by atoms with Crippen molar-refractivity contribution in [3.63, 3.8) is 0 Å². The third-order valence-electron chi connectivity index (χ3n) is 4.01. The molecule has 0 fully saturated rings. The summed E-state index contributed by atoms with van der Waals surface area (Å²) < 4.78 is 0.562. The summed E-state index contributed by atoms with van der Waals surface area (Å²) in [5, 5.41) is 60.8. The largest absolute Gasteiger partial charge is 0.394 e. The number of rotatable bonds is 11. The van der Waals surface area contributed by atoms with Gasteiger partial charge in [-0.1, -0.05) is 0 Å². The zero-order valence-corrected chi connectivity index (χ0v) is 22.9. The average Bonchev–Trinajstić information content (AvgIpc) is 2.77. The molecule has 0 radical (unpaired) electrons. The Bertz CT molecular complexity index is 803. The van der Waals surface area contributed by atoms with E-state index in [1.165, 1.54) is 0 Å². The number of nitrogens with zero attached hydrogens (tertiary/aromatic N) is 1. The Morgan fingerprint density at radius 2 is 1.19 bits per heavy atom. The van der Waals surface area contributed by atoms with E-state index in [0.29, 0.717) is 0 Å². The highest BCUT2D eigenvalue weighted by molar-refractivity contribution is 14.1. The maximum atomic E-state index is 12.9. The lowest BCUT2D eigenvalue weighted by Crippen LogP contribution is -2.39. The van der Waals surface area contributed by atoms with Crippen molar-refractivity contribution >= 4 is 91.2 Å². The highest BCUT2D eigenvalue weighted by Gasteiger charge is 2.31. The van der Waals surface area contributed by atoms with Gasteiger partial charge < -0.3 is 41.3 Å². The van der Waals surface area contributed by atoms with Gasteiger partial charge in [0.1, 0.15) is 13.3 Å². The molecule has 1 aromatic carbocycles. The van der Waals surface area contributed by atoms with Crippen LogP contribution in [0.1, 0.15) is 20.7 Å². The van der Waals surface area contributed by atoms with Gasteiger partial charge in [-0.2, -0.15) is 0 Å². The Balaban J connectivity index is 3.67. The number of aliphatic hydroxyl groups is 6. The van der Waals surface area contributed by atoms with Crippen LogP contribution in [0.3, 0.4) is 0 Å². The molecule has 0 aliphatic carbocycles. The van der Waals surface area contributed by atoms with Crippen LogP contribution in [0.5, 0.6) is 0 Å². The summed E-state index contributed by atoms with van der Waals surface area (Å²) >= 11 is 5.30. The van der Waals surface area contributed by atoms with Crippen molar-refractivity contribution in [2.24, 2.45) is 0 Å². The van der Waals surface area contributed by atoms with Crippen LogP contribution in [0.4, 0.5) is 5.69 Å². The predicted octanol–water partition coefficient (Wildman–Crippen LogP) is -2.06.